The van der Waals surface area contributed by atoms with Crippen LogP contribution in [0, 0.1) is 17.0 Å². The molecule has 0 saturated carbocycles. The Morgan fingerprint density at radius 3 is 2.57 bits per heavy atom. The van der Waals surface area contributed by atoms with Gasteiger partial charge in [-0.2, -0.15) is 0 Å². The minimum Gasteiger partial charge on any atom is -0.377 e. The van der Waals surface area contributed by atoms with Crippen molar-refractivity contribution in [2.45, 2.75) is 78.8 Å². The Morgan fingerprint density at radius 2 is 1.89 bits per heavy atom. The maximum absolute atomic E-state index is 14.3. The molecule has 0 radical (unpaired) electrons. The number of halogens is 2. The highest BCUT2D eigenvalue weighted by molar-refractivity contribution is 5.94. The number of carbonyl (C=O) groups is 1. The summed E-state index contributed by atoms with van der Waals surface area (Å²) in [4.78, 5) is 17.5. The van der Waals surface area contributed by atoms with Crippen molar-refractivity contribution < 1.29 is 13.6 Å². The van der Waals surface area contributed by atoms with E-state index in [0.29, 0.717) is 36.2 Å². The van der Waals surface area contributed by atoms with E-state index in [1.54, 1.807) is 12.4 Å². The third-order valence-electron chi connectivity index (χ3n) is 6.16. The number of imidazole rings is 1. The van der Waals surface area contributed by atoms with Gasteiger partial charge in [-0.1, -0.05) is 34.1 Å². The fourth-order valence-corrected chi connectivity index (χ4v) is 4.18. The first kappa shape index (κ1) is 26.9. The number of hydrogen-bond acceptors (Lipinski definition) is 4. The van der Waals surface area contributed by atoms with E-state index < -0.39 is 17.7 Å². The Kier molecular flexibility index (Phi) is 8.36. The topological polar surface area (TPSA) is 71.0 Å². The van der Waals surface area contributed by atoms with E-state index in [1.165, 1.54) is 6.07 Å². The molecule has 0 bridgehead atoms. The molecule has 1 aromatic heterocycles. The average Bonchev–Trinajstić information content (AvgIpc) is 3.22. The van der Waals surface area contributed by atoms with Gasteiger partial charge in [-0.3, -0.25) is 4.79 Å². The number of nitrogens with zero attached hydrogens (tertiary/aromatic N) is 2. The molecule has 0 unspecified atom stereocenters. The zero-order chi connectivity index (χ0) is 25.8. The van der Waals surface area contributed by atoms with Crippen LogP contribution >= 0.6 is 0 Å². The Balaban J connectivity index is 1.65. The van der Waals surface area contributed by atoms with Gasteiger partial charge >= 0.3 is 0 Å². The number of aromatic nitrogens is 2. The lowest BCUT2D eigenvalue weighted by Crippen LogP contribution is -2.41. The maximum Gasteiger partial charge on any atom is 0.248 e. The summed E-state index contributed by atoms with van der Waals surface area (Å²) in [5.41, 5.74) is 1.79. The molecule has 0 saturated heterocycles. The molecule has 0 aliphatic heterocycles. The first-order valence-corrected chi connectivity index (χ1v) is 12.4. The highest BCUT2D eigenvalue weighted by atomic mass is 19.1. The van der Waals surface area contributed by atoms with Crippen LogP contribution in [-0.2, 0) is 16.8 Å². The Morgan fingerprint density at radius 1 is 1.14 bits per heavy atom. The van der Waals surface area contributed by atoms with Crippen LogP contribution < -0.4 is 16.0 Å². The number of nitrogens with one attached hydrogen (secondary N) is 3. The zero-order valence-corrected chi connectivity index (χ0v) is 21.8. The van der Waals surface area contributed by atoms with Crippen LogP contribution in [0.4, 0.5) is 14.6 Å². The molecule has 1 aliphatic rings. The third kappa shape index (κ3) is 7.37. The number of fused-ring (bicyclic) bond motifs is 1. The van der Waals surface area contributed by atoms with Gasteiger partial charge in [0.05, 0.1) is 11.9 Å². The lowest BCUT2D eigenvalue weighted by Gasteiger charge is -2.29. The molecule has 8 heteroatoms. The fraction of sp³-hybridized carbons (Fsp3) is 0.556. The average molecular weight is 488 g/mol. The van der Waals surface area contributed by atoms with E-state index in [2.05, 4.69) is 55.6 Å². The molecule has 35 heavy (non-hydrogen) atoms. The number of benzene rings is 1. The quantitative estimate of drug-likeness (QED) is 0.430. The lowest BCUT2D eigenvalue weighted by molar-refractivity contribution is -0.118. The summed E-state index contributed by atoms with van der Waals surface area (Å²) in [5.74, 6) is -0.846. The molecule has 3 rings (SSSR count). The highest BCUT2D eigenvalue weighted by Crippen LogP contribution is 2.27. The largest absolute Gasteiger partial charge is 0.377 e. The molecule has 1 aliphatic carbocycles. The first-order valence-electron chi connectivity index (χ1n) is 12.4. The molecule has 3 N–H and O–H groups in total. The molecule has 1 aromatic carbocycles. The minimum absolute atomic E-state index is 0.188. The van der Waals surface area contributed by atoms with Gasteiger partial charge in [0.1, 0.15) is 17.7 Å². The van der Waals surface area contributed by atoms with Crippen molar-refractivity contribution in [3.8, 4) is 0 Å². The summed E-state index contributed by atoms with van der Waals surface area (Å²) in [6, 6.07) is 1.78. The summed E-state index contributed by atoms with van der Waals surface area (Å²) in [6.45, 7) is 14.5. The normalized spacial score (nSPS) is 14.8. The number of rotatable bonds is 10. The van der Waals surface area contributed by atoms with Crippen LogP contribution in [-0.4, -0.2) is 34.6 Å². The summed E-state index contributed by atoms with van der Waals surface area (Å²) >= 11 is 0. The molecule has 1 heterocycles. The van der Waals surface area contributed by atoms with Crippen molar-refractivity contribution in [2.75, 3.05) is 18.4 Å². The van der Waals surface area contributed by atoms with Crippen LogP contribution in [0.25, 0.3) is 6.08 Å². The maximum atomic E-state index is 14.3. The predicted octanol–water partition coefficient (Wildman–Crippen LogP) is 5.22. The van der Waals surface area contributed by atoms with Gasteiger partial charge in [-0.15, -0.1) is 0 Å². The predicted molar refractivity (Wildman–Crippen MR) is 137 cm³/mol. The second-order valence-electron chi connectivity index (χ2n) is 11.2. The van der Waals surface area contributed by atoms with Crippen molar-refractivity contribution in [1.29, 1.82) is 0 Å². The number of carbonyl (C=O) groups excluding carboxylic acids is 1. The Hall–Kier alpha value is -2.74. The van der Waals surface area contributed by atoms with Gasteiger partial charge in [0.15, 0.2) is 5.82 Å². The molecular weight excluding hydrogens is 448 g/mol. The highest BCUT2D eigenvalue weighted by Gasteiger charge is 2.24. The molecule has 0 fully saturated rings. The van der Waals surface area contributed by atoms with E-state index in [-0.39, 0.29) is 16.9 Å². The Bertz CT molecular complexity index is 1070. The second-order valence-corrected chi connectivity index (χ2v) is 11.2. The van der Waals surface area contributed by atoms with Crippen LogP contribution in [0.1, 0.15) is 71.9 Å². The number of hydrogen-bond donors (Lipinski definition) is 3. The zero-order valence-electron chi connectivity index (χ0n) is 21.8. The summed E-state index contributed by atoms with van der Waals surface area (Å²) < 4.78 is 29.8. The van der Waals surface area contributed by atoms with Gasteiger partial charge in [0, 0.05) is 36.6 Å². The second kappa shape index (κ2) is 10.9. The fourth-order valence-electron chi connectivity index (χ4n) is 4.18. The van der Waals surface area contributed by atoms with Crippen molar-refractivity contribution in [2.24, 2.45) is 5.41 Å². The van der Waals surface area contributed by atoms with E-state index >= 15 is 0 Å². The smallest absolute Gasteiger partial charge is 0.248 e. The van der Waals surface area contributed by atoms with Gasteiger partial charge in [-0.05, 0) is 56.2 Å². The van der Waals surface area contributed by atoms with E-state index in [9.17, 15) is 13.6 Å². The van der Waals surface area contributed by atoms with Gasteiger partial charge in [0.25, 0.3) is 0 Å². The molecule has 192 valence electrons. The number of allylic oxidation sites excluding steroid dienone is 1. The van der Waals surface area contributed by atoms with Gasteiger partial charge in [-0.25, -0.2) is 13.8 Å². The van der Waals surface area contributed by atoms with Crippen molar-refractivity contribution in [1.82, 2.24) is 20.2 Å². The van der Waals surface area contributed by atoms with Crippen LogP contribution in [0.3, 0.4) is 0 Å². The number of aryl methyl sites for hydroxylation is 1. The summed E-state index contributed by atoms with van der Waals surface area (Å²) in [5, 5.41) is 9.71. The van der Waals surface area contributed by atoms with Crippen LogP contribution in [0.15, 0.2) is 30.4 Å². The minimum atomic E-state index is -0.583. The first-order chi connectivity index (χ1) is 16.4. The van der Waals surface area contributed by atoms with Gasteiger partial charge in [0.2, 0.25) is 5.91 Å². The van der Waals surface area contributed by atoms with E-state index in [1.807, 2.05) is 17.7 Å². The third-order valence-corrected chi connectivity index (χ3v) is 6.16. The molecule has 2 aromatic rings. The summed E-state index contributed by atoms with van der Waals surface area (Å²) in [7, 11) is 0. The van der Waals surface area contributed by atoms with Crippen LogP contribution in [0.5, 0.6) is 0 Å². The summed E-state index contributed by atoms with van der Waals surface area (Å²) in [6.07, 6.45) is 7.80. The van der Waals surface area contributed by atoms with E-state index in [4.69, 9.17) is 0 Å². The van der Waals surface area contributed by atoms with Crippen molar-refractivity contribution in [3.05, 3.63) is 53.1 Å². The molecule has 6 nitrogen and oxygen atoms in total. The van der Waals surface area contributed by atoms with Crippen molar-refractivity contribution in [3.63, 3.8) is 0 Å². The molecule has 1 amide bonds. The monoisotopic (exact) mass is 487 g/mol. The lowest BCUT2D eigenvalue weighted by atomic mass is 9.94. The molecular formula is C27H39F2N5O. The van der Waals surface area contributed by atoms with Gasteiger partial charge < -0.3 is 20.5 Å². The number of amides is 1. The molecule has 1 atom stereocenters. The van der Waals surface area contributed by atoms with Crippen molar-refractivity contribution >= 4 is 17.8 Å². The van der Waals surface area contributed by atoms with Crippen LogP contribution in [0.2, 0.25) is 0 Å². The SMILES string of the molecule is CCC[C@H](NC1=Cc2c(F)cc(F)cc2CC1)C(=O)Nc1cn(C(C)(C)CNCC(C)(C)C)cn1. The standard InChI is InChI=1S/C27H39F2N5O/c1-7-8-23(32-20-10-9-18-11-19(28)12-22(29)21(18)13-20)25(35)33-24-14-34(17-31-24)27(5,6)16-30-15-26(2,3)4/h11-14,17,23,30,32H,7-10,15-16H2,1-6H3,(H,33,35)/t23-/m0/s1. The number of anilines is 1. The Labute approximate surface area is 207 Å². The molecule has 0 spiro atoms. The van der Waals surface area contributed by atoms with E-state index in [0.717, 1.165) is 31.3 Å².